The molecule has 5 nitrogen and oxygen atoms in total. The van der Waals surface area contributed by atoms with Crippen LogP contribution in [0.5, 0.6) is 11.5 Å². The fraction of sp³-hybridized carbons (Fsp3) is 0.365. The number of hydrogen-bond acceptors (Lipinski definition) is 5. The van der Waals surface area contributed by atoms with E-state index in [4.69, 9.17) is 14.2 Å². The van der Waals surface area contributed by atoms with Crippen molar-refractivity contribution in [2.45, 2.75) is 173 Å². The Balaban J connectivity index is 0.749. The van der Waals surface area contributed by atoms with Crippen molar-refractivity contribution in [3.63, 3.8) is 0 Å². The third-order valence-electron chi connectivity index (χ3n) is 28.2. The lowest BCUT2D eigenvalue weighted by Crippen LogP contribution is -2.46. The zero-order valence-electron chi connectivity index (χ0n) is 64.9. The summed E-state index contributed by atoms with van der Waals surface area (Å²) in [4.78, 5) is 5.32. The second-order valence-electron chi connectivity index (χ2n) is 34.4. The van der Waals surface area contributed by atoms with Crippen molar-refractivity contribution in [3.05, 3.63) is 357 Å². The Morgan fingerprint density at radius 2 is 1.43 bits per heavy atom. The number of rotatable bonds is 15. The van der Waals surface area contributed by atoms with Crippen LogP contribution in [0.2, 0.25) is 0 Å². The van der Waals surface area contributed by atoms with Crippen LogP contribution in [0, 0.1) is 64.6 Å². The molecule has 3 aliphatic heterocycles. The Labute approximate surface area is 657 Å². The van der Waals surface area contributed by atoms with E-state index >= 15 is 4.39 Å². The third-order valence-corrected chi connectivity index (χ3v) is 28.2. The van der Waals surface area contributed by atoms with Gasteiger partial charge >= 0.3 is 0 Å². The molecule has 3 aromatic rings. The van der Waals surface area contributed by atoms with Crippen LogP contribution >= 0.6 is 0 Å². The van der Waals surface area contributed by atoms with E-state index in [1.807, 2.05) is 36.4 Å². The molecule has 14 aliphatic carbocycles. The number of hydrogen-bond donors (Lipinski definition) is 0. The summed E-state index contributed by atoms with van der Waals surface area (Å²) in [6, 6.07) is 22.4. The van der Waals surface area contributed by atoms with Crippen molar-refractivity contribution >= 4 is 22.9 Å². The lowest BCUT2D eigenvalue weighted by molar-refractivity contribution is 0.0379. The molecule has 564 valence electrons. The first-order valence-corrected chi connectivity index (χ1v) is 42.2. The standard InChI is InChI=1S/C104H106F2N2O3/c1-6-68-26-44-81(45-27-68)109-83-48-34-74(35-49-83)104(73-20-12-9-13-21-73)98-25-17-16-24-89(98)90-52-41-80(62-99(90)104)107(100-57-65(3)91(56-67(100)5)71-30-36-75(105)37-31-71)78-42-54-102-96(60-78)97-61-79(43-55-103(97)111-102)108-77-40-51-87(93(59-77)70-18-10-8-11-19-70)85-22-14-15-23-86(85)88-53-50-84(110-82-46-28-69(7-2)29-47-82)63-94(88)95-64-92(66(4)58-101(95)108)72-32-38-76(106)39-33-72/h6-7,9,12,14-16,18,22-24,26-29,32-33,36,38,40-44,46-48,50-55,57-64,66-67,71,73-74,76,81,85-86,90,92,96-97,99,102-103H,1-2,8,10-11,13,17,19-21,25,30-31,34-35,37,39,45,49,56H2,3-5H3. The zero-order valence-corrected chi connectivity index (χ0v) is 64.9. The Hall–Kier alpha value is -9.56. The van der Waals surface area contributed by atoms with Gasteiger partial charge in [-0.2, -0.15) is 0 Å². The molecule has 3 aromatic carbocycles. The fourth-order valence-electron chi connectivity index (χ4n) is 22.8. The Morgan fingerprint density at radius 1 is 0.622 bits per heavy atom. The van der Waals surface area contributed by atoms with Gasteiger partial charge in [0.2, 0.25) is 0 Å². The van der Waals surface area contributed by atoms with E-state index < -0.39 is 6.17 Å². The van der Waals surface area contributed by atoms with Gasteiger partial charge in [0.25, 0.3) is 0 Å². The first-order chi connectivity index (χ1) is 54.4. The molecular weight excluding hydrogens is 1360 g/mol. The van der Waals surface area contributed by atoms with Crippen molar-refractivity contribution in [1.29, 1.82) is 0 Å². The molecule has 0 aromatic heterocycles. The molecule has 20 rings (SSSR count). The summed E-state index contributed by atoms with van der Waals surface area (Å²) in [6.07, 6.45) is 89.2. The van der Waals surface area contributed by atoms with Crippen LogP contribution in [0.1, 0.15) is 176 Å². The predicted molar refractivity (Wildman–Crippen MR) is 452 cm³/mol. The molecule has 0 N–H and O–H groups in total. The van der Waals surface area contributed by atoms with Crippen molar-refractivity contribution in [2.75, 3.05) is 4.90 Å². The Kier molecular flexibility index (Phi) is 19.5. The first kappa shape index (κ1) is 71.7. The molecule has 17 aliphatic rings. The summed E-state index contributed by atoms with van der Waals surface area (Å²) < 4.78 is 51.2. The average Bonchev–Trinajstić information content (AvgIpc) is 1.54. The maximum atomic E-state index is 15.2. The normalized spacial score (nSPS) is 33.4. The van der Waals surface area contributed by atoms with Crippen LogP contribution in [-0.2, 0) is 9.47 Å². The van der Waals surface area contributed by atoms with E-state index in [9.17, 15) is 4.39 Å². The summed E-state index contributed by atoms with van der Waals surface area (Å²) in [5.74, 6) is 4.86. The van der Waals surface area contributed by atoms with Gasteiger partial charge in [-0.1, -0.05) is 214 Å². The number of allylic oxidation sites excluding steroid dienone is 35. The number of alkyl halides is 1. The van der Waals surface area contributed by atoms with Crippen molar-refractivity contribution in [2.24, 2.45) is 64.6 Å². The third kappa shape index (κ3) is 13.2. The number of halogens is 2. The summed E-state index contributed by atoms with van der Waals surface area (Å²) in [5.41, 5.74) is 24.2. The van der Waals surface area contributed by atoms with Crippen molar-refractivity contribution in [3.8, 4) is 11.5 Å². The second-order valence-corrected chi connectivity index (χ2v) is 34.4. The Morgan fingerprint density at radius 3 is 2.19 bits per heavy atom. The van der Waals surface area contributed by atoms with Crippen LogP contribution in [0.25, 0.3) is 17.2 Å². The minimum absolute atomic E-state index is 0.00209. The highest BCUT2D eigenvalue weighted by atomic mass is 19.1. The van der Waals surface area contributed by atoms with Gasteiger partial charge in [-0.15, -0.1) is 0 Å². The molecular formula is C104H106F2N2O3. The summed E-state index contributed by atoms with van der Waals surface area (Å²) >= 11 is 0. The minimum Gasteiger partial charge on any atom is -0.491 e. The molecule has 111 heavy (non-hydrogen) atoms. The summed E-state index contributed by atoms with van der Waals surface area (Å²) in [7, 11) is 0. The van der Waals surface area contributed by atoms with Crippen LogP contribution < -0.4 is 9.64 Å². The second kappa shape index (κ2) is 30.2. The maximum absolute atomic E-state index is 15.2. The lowest BCUT2D eigenvalue weighted by atomic mass is 9.51. The van der Waals surface area contributed by atoms with Gasteiger partial charge in [-0.25, -0.2) is 8.78 Å². The monoisotopic (exact) mass is 1470 g/mol. The molecule has 1 fully saturated rings. The predicted octanol–water partition coefficient (Wildman–Crippen LogP) is 26.6. The van der Waals surface area contributed by atoms with Gasteiger partial charge in [0.05, 0.1) is 23.8 Å². The highest BCUT2D eigenvalue weighted by Gasteiger charge is 2.60. The van der Waals surface area contributed by atoms with Gasteiger partial charge in [0.1, 0.15) is 23.8 Å². The van der Waals surface area contributed by atoms with E-state index in [1.54, 1.807) is 17.2 Å². The molecule has 0 radical (unpaired) electrons. The molecule has 17 unspecified atom stereocenters. The van der Waals surface area contributed by atoms with Crippen LogP contribution in [-0.4, -0.2) is 29.4 Å². The molecule has 3 heterocycles. The largest absolute Gasteiger partial charge is 0.491 e. The van der Waals surface area contributed by atoms with Gasteiger partial charge < -0.3 is 24.0 Å². The fourth-order valence-corrected chi connectivity index (χ4v) is 22.8. The molecule has 0 saturated carbocycles. The van der Waals surface area contributed by atoms with E-state index in [2.05, 4.69) is 250 Å². The van der Waals surface area contributed by atoms with Crippen molar-refractivity contribution < 1.29 is 23.0 Å². The number of ether oxygens (including phenoxy) is 3. The summed E-state index contributed by atoms with van der Waals surface area (Å²) in [5, 5.41) is 0. The maximum Gasteiger partial charge on any atom is 0.128 e. The molecule has 17 atom stereocenters. The first-order valence-electron chi connectivity index (χ1n) is 42.2. The highest BCUT2D eigenvalue weighted by Crippen LogP contribution is 2.68. The van der Waals surface area contributed by atoms with Crippen LogP contribution in [0.3, 0.4) is 0 Å². The number of anilines is 1. The number of nitrogens with zero attached hydrogens (tertiary/aromatic N) is 2. The Bertz CT molecular complexity index is 5050. The van der Waals surface area contributed by atoms with Crippen LogP contribution in [0.15, 0.2) is 330 Å². The summed E-state index contributed by atoms with van der Waals surface area (Å²) in [6.45, 7) is 15.2. The number of fused-ring (bicyclic) bond motifs is 7. The molecule has 2 bridgehead atoms. The average molecular weight is 1470 g/mol. The molecule has 0 amide bonds. The van der Waals surface area contributed by atoms with Gasteiger partial charge in [0, 0.05) is 106 Å². The minimum atomic E-state index is -0.998. The van der Waals surface area contributed by atoms with E-state index in [-0.39, 0.29) is 82.8 Å². The smallest absolute Gasteiger partial charge is 0.128 e. The topological polar surface area (TPSA) is 34.2 Å². The lowest BCUT2D eigenvalue weighted by Gasteiger charge is -2.53. The molecule has 7 heteroatoms. The highest BCUT2D eigenvalue weighted by molar-refractivity contribution is 5.90. The van der Waals surface area contributed by atoms with Gasteiger partial charge in [-0.3, -0.25) is 0 Å². The van der Waals surface area contributed by atoms with Crippen LogP contribution in [0.4, 0.5) is 14.5 Å². The van der Waals surface area contributed by atoms with Gasteiger partial charge in [-0.05, 0) is 261 Å². The number of benzene rings is 3. The molecule has 0 spiro atoms. The zero-order chi connectivity index (χ0) is 75.0. The quantitative estimate of drug-likeness (QED) is 0.142. The van der Waals surface area contributed by atoms with Crippen molar-refractivity contribution in [1.82, 2.24) is 4.90 Å². The molecule has 1 saturated heterocycles. The van der Waals surface area contributed by atoms with E-state index in [0.29, 0.717) is 30.6 Å². The van der Waals surface area contributed by atoms with Gasteiger partial charge in [0.15, 0.2) is 0 Å². The van der Waals surface area contributed by atoms with E-state index in [0.717, 1.165) is 140 Å². The van der Waals surface area contributed by atoms with E-state index in [1.165, 1.54) is 75.3 Å². The SMILES string of the molecule is C=CC1=CCC(OC2=CCC(C3(C4CC=CCC4)C4=C(C=CCC4)C4C=CC(N(C5=CC6C(C=C5)OC5C=CC(N7C8=CC(C)C(C9=CCC(F)C=C9)C=C8c8cc(Oc9ccc(C=C)cc9)ccc8C8C=CC=CC8c8ccc7cc8C7=CCCCC7)=CC56)C5=CC(C)=C(C6CC=C(F)CC6)CC5C)=CC43)CC2)C=C1.